The van der Waals surface area contributed by atoms with Crippen LogP contribution >= 0.6 is 0 Å². The Balaban J connectivity index is 1.59. The largest absolute Gasteiger partial charge is 0.490 e. The third-order valence-electron chi connectivity index (χ3n) is 5.43. The summed E-state index contributed by atoms with van der Waals surface area (Å²) in [6, 6.07) is 18.2. The fourth-order valence-corrected chi connectivity index (χ4v) is 5.63. The van der Waals surface area contributed by atoms with Gasteiger partial charge in [-0.3, -0.25) is 0 Å². The molecule has 2 aliphatic heterocycles. The maximum absolute atomic E-state index is 13.7. The number of hydrogen-bond acceptors (Lipinski definition) is 4. The number of benzene rings is 2. The Morgan fingerprint density at radius 1 is 0.862 bits per heavy atom. The Bertz CT molecular complexity index is 1120. The summed E-state index contributed by atoms with van der Waals surface area (Å²) < 4.78 is 42.5. The number of rotatable bonds is 3. The molecule has 0 spiro atoms. The molecule has 1 aromatic heterocycles. The molecule has 3 aromatic rings. The molecule has 0 saturated carbocycles. The second kappa shape index (κ2) is 7.24. The van der Waals surface area contributed by atoms with Crippen LogP contribution in [0, 0.1) is 0 Å². The number of aromatic nitrogens is 1. The summed E-state index contributed by atoms with van der Waals surface area (Å²) in [5, 5.41) is 0. The first kappa shape index (κ1) is 18.3. The van der Waals surface area contributed by atoms with E-state index in [2.05, 4.69) is 4.57 Å². The minimum atomic E-state index is -3.74. The lowest BCUT2D eigenvalue weighted by Crippen LogP contribution is -2.42. The highest BCUT2D eigenvalue weighted by Gasteiger charge is 2.38. The van der Waals surface area contributed by atoms with Gasteiger partial charge in [0.25, 0.3) is 0 Å². The molecule has 0 bridgehead atoms. The molecule has 5 rings (SSSR count). The van der Waals surface area contributed by atoms with Gasteiger partial charge in [0.15, 0.2) is 11.5 Å². The van der Waals surface area contributed by atoms with E-state index in [9.17, 15) is 8.42 Å². The fourth-order valence-electron chi connectivity index (χ4n) is 4.03. The monoisotopic (exact) mass is 410 g/mol. The van der Waals surface area contributed by atoms with Gasteiger partial charge in [0, 0.05) is 37.5 Å². The molecule has 150 valence electrons. The molecule has 0 fully saturated rings. The van der Waals surface area contributed by atoms with Crippen LogP contribution in [-0.2, 0) is 16.6 Å². The molecule has 29 heavy (non-hydrogen) atoms. The van der Waals surface area contributed by atoms with Crippen molar-refractivity contribution in [3.8, 4) is 11.5 Å². The SMILES string of the molecule is O=S(=O)(c1ccc2c(c1)OCCCO2)N1CCn2cccc2C1c1ccccc1. The van der Waals surface area contributed by atoms with E-state index in [-0.39, 0.29) is 10.9 Å². The van der Waals surface area contributed by atoms with Gasteiger partial charge in [-0.05, 0) is 29.8 Å². The third-order valence-corrected chi connectivity index (χ3v) is 7.30. The topological polar surface area (TPSA) is 60.8 Å². The Kier molecular flexibility index (Phi) is 4.56. The Morgan fingerprint density at radius 3 is 2.48 bits per heavy atom. The molecule has 7 heteroatoms. The van der Waals surface area contributed by atoms with Gasteiger partial charge in [-0.1, -0.05) is 30.3 Å². The number of nitrogens with zero attached hydrogens (tertiary/aromatic N) is 2. The van der Waals surface area contributed by atoms with E-state index in [4.69, 9.17) is 9.47 Å². The number of ether oxygens (including phenoxy) is 2. The molecule has 2 aromatic carbocycles. The lowest BCUT2D eigenvalue weighted by Gasteiger charge is -2.36. The smallest absolute Gasteiger partial charge is 0.244 e. The maximum Gasteiger partial charge on any atom is 0.244 e. The van der Waals surface area contributed by atoms with Gasteiger partial charge in [-0.15, -0.1) is 0 Å². The predicted octanol–water partition coefficient (Wildman–Crippen LogP) is 3.44. The van der Waals surface area contributed by atoms with Crippen LogP contribution in [0.3, 0.4) is 0 Å². The Labute approximate surface area is 170 Å². The first-order valence-corrected chi connectivity index (χ1v) is 11.2. The average Bonchev–Trinajstić information content (AvgIpc) is 3.10. The molecule has 2 aliphatic rings. The van der Waals surface area contributed by atoms with Crippen LogP contribution in [0.2, 0.25) is 0 Å². The molecule has 1 unspecified atom stereocenters. The minimum Gasteiger partial charge on any atom is -0.490 e. The maximum atomic E-state index is 13.7. The van der Waals surface area contributed by atoms with Crippen molar-refractivity contribution in [2.45, 2.75) is 23.9 Å². The van der Waals surface area contributed by atoms with Crippen molar-refractivity contribution in [1.82, 2.24) is 8.87 Å². The summed E-state index contributed by atoms with van der Waals surface area (Å²) in [5.41, 5.74) is 1.92. The van der Waals surface area contributed by atoms with E-state index in [1.165, 1.54) is 0 Å². The number of fused-ring (bicyclic) bond motifs is 2. The van der Waals surface area contributed by atoms with Gasteiger partial charge in [0.2, 0.25) is 10.0 Å². The van der Waals surface area contributed by atoms with Crippen LogP contribution in [0.5, 0.6) is 11.5 Å². The van der Waals surface area contributed by atoms with Gasteiger partial charge in [0.05, 0.1) is 24.2 Å². The van der Waals surface area contributed by atoms with E-state index >= 15 is 0 Å². The van der Waals surface area contributed by atoms with Gasteiger partial charge in [-0.25, -0.2) is 8.42 Å². The summed E-state index contributed by atoms with van der Waals surface area (Å²) in [6.45, 7) is 2.10. The first-order chi connectivity index (χ1) is 14.1. The van der Waals surface area contributed by atoms with E-state index in [0.717, 1.165) is 17.7 Å². The molecule has 0 aliphatic carbocycles. The second-order valence-corrected chi connectivity index (χ2v) is 9.10. The summed E-state index contributed by atoms with van der Waals surface area (Å²) in [7, 11) is -3.74. The van der Waals surface area contributed by atoms with Crippen molar-refractivity contribution in [2.75, 3.05) is 19.8 Å². The number of hydrogen-bond donors (Lipinski definition) is 0. The highest BCUT2D eigenvalue weighted by Crippen LogP contribution is 2.38. The van der Waals surface area contributed by atoms with Crippen molar-refractivity contribution in [2.24, 2.45) is 0 Å². The highest BCUT2D eigenvalue weighted by molar-refractivity contribution is 7.89. The highest BCUT2D eigenvalue weighted by atomic mass is 32.2. The molecule has 6 nitrogen and oxygen atoms in total. The van der Waals surface area contributed by atoms with Gasteiger partial charge in [-0.2, -0.15) is 4.31 Å². The van der Waals surface area contributed by atoms with E-state index < -0.39 is 10.0 Å². The second-order valence-electron chi connectivity index (χ2n) is 7.21. The lowest BCUT2D eigenvalue weighted by molar-refractivity contribution is 0.295. The quantitative estimate of drug-likeness (QED) is 0.664. The number of sulfonamides is 1. The zero-order valence-corrected chi connectivity index (χ0v) is 16.7. The minimum absolute atomic E-state index is 0.225. The van der Waals surface area contributed by atoms with Gasteiger partial charge < -0.3 is 14.0 Å². The van der Waals surface area contributed by atoms with Crippen LogP contribution in [0.1, 0.15) is 23.7 Å². The average molecular weight is 410 g/mol. The van der Waals surface area contributed by atoms with Crippen LogP contribution in [0.25, 0.3) is 0 Å². The zero-order valence-electron chi connectivity index (χ0n) is 15.9. The summed E-state index contributed by atoms with van der Waals surface area (Å²) >= 11 is 0. The molecule has 0 radical (unpaired) electrons. The molecule has 0 amide bonds. The van der Waals surface area contributed by atoms with Crippen molar-refractivity contribution in [3.05, 3.63) is 78.1 Å². The van der Waals surface area contributed by atoms with Crippen molar-refractivity contribution < 1.29 is 17.9 Å². The van der Waals surface area contributed by atoms with Crippen LogP contribution in [0.4, 0.5) is 0 Å². The Morgan fingerprint density at radius 2 is 1.66 bits per heavy atom. The first-order valence-electron chi connectivity index (χ1n) is 9.76. The van der Waals surface area contributed by atoms with E-state index in [0.29, 0.717) is 37.8 Å². The predicted molar refractivity (Wildman–Crippen MR) is 109 cm³/mol. The summed E-state index contributed by atoms with van der Waals surface area (Å²) in [4.78, 5) is 0.225. The van der Waals surface area contributed by atoms with Crippen molar-refractivity contribution in [1.29, 1.82) is 0 Å². The molecule has 1 atom stereocenters. The summed E-state index contributed by atoms with van der Waals surface area (Å²) in [6.07, 6.45) is 2.78. The van der Waals surface area contributed by atoms with Crippen LogP contribution in [-0.4, -0.2) is 37.0 Å². The molecular formula is C22H22N2O4S. The lowest BCUT2D eigenvalue weighted by atomic mass is 10.0. The van der Waals surface area contributed by atoms with E-state index in [1.54, 1.807) is 22.5 Å². The standard InChI is InChI=1S/C22H22N2O4S/c25-29(26,18-9-10-20-21(16-18)28-15-5-14-27-20)24-13-12-23-11-4-8-19(23)22(24)17-6-2-1-3-7-17/h1-4,6-11,16,22H,5,12-15H2. The molecule has 0 saturated heterocycles. The van der Waals surface area contributed by atoms with Crippen LogP contribution in [0.15, 0.2) is 71.8 Å². The van der Waals surface area contributed by atoms with E-state index in [1.807, 2.05) is 48.7 Å². The van der Waals surface area contributed by atoms with Crippen LogP contribution < -0.4 is 9.47 Å². The van der Waals surface area contributed by atoms with Gasteiger partial charge in [0.1, 0.15) is 0 Å². The van der Waals surface area contributed by atoms with Crippen molar-refractivity contribution in [3.63, 3.8) is 0 Å². The molecule has 3 heterocycles. The van der Waals surface area contributed by atoms with Crippen molar-refractivity contribution >= 4 is 10.0 Å². The Hall–Kier alpha value is -2.77. The third kappa shape index (κ3) is 3.20. The molecule has 0 N–H and O–H groups in total. The molecular weight excluding hydrogens is 388 g/mol. The fraction of sp³-hybridized carbons (Fsp3) is 0.273. The zero-order chi connectivity index (χ0) is 19.8. The van der Waals surface area contributed by atoms with Gasteiger partial charge >= 0.3 is 0 Å². The summed E-state index contributed by atoms with van der Waals surface area (Å²) in [5.74, 6) is 1.08. The normalized spacial score (nSPS) is 19.4.